The van der Waals surface area contributed by atoms with Crippen molar-refractivity contribution in [3.63, 3.8) is 0 Å². The summed E-state index contributed by atoms with van der Waals surface area (Å²) in [6.45, 7) is 1.58. The third kappa shape index (κ3) is 2.84. The number of benzene rings is 3. The second-order valence-electron chi connectivity index (χ2n) is 10.2. The van der Waals surface area contributed by atoms with Crippen molar-refractivity contribution in [3.05, 3.63) is 101 Å². The van der Waals surface area contributed by atoms with Crippen LogP contribution >= 0.6 is 0 Å². The van der Waals surface area contributed by atoms with Gasteiger partial charge in [-0.15, -0.1) is 0 Å². The monoisotopic (exact) mass is 462 g/mol. The van der Waals surface area contributed by atoms with Gasteiger partial charge in [0.15, 0.2) is 0 Å². The number of hydrogen-bond donors (Lipinski definition) is 0. The van der Waals surface area contributed by atoms with Gasteiger partial charge < -0.3 is 4.90 Å². The van der Waals surface area contributed by atoms with E-state index < -0.39 is 11.8 Å². The summed E-state index contributed by atoms with van der Waals surface area (Å²) < 4.78 is 0. The minimum Gasteiger partial charge on any atom is -0.339 e. The van der Waals surface area contributed by atoms with E-state index in [1.807, 2.05) is 29.2 Å². The standard InChI is InChI=1S/C30H26N2O3/c33-28(31-16-6-1-7-17-31)18-12-14-19(15-13-18)32-29(34)26-24-20-8-2-3-9-21(20)25(27(26)30(32)35)23-11-5-4-10-22(23)24/h2-5,8-15,24-27H,1,6-7,16-17H2/t24?,25?,26-,27-/m1/s1. The van der Waals surface area contributed by atoms with E-state index in [0.29, 0.717) is 11.3 Å². The molecular weight excluding hydrogens is 436 g/mol. The van der Waals surface area contributed by atoms with E-state index in [1.165, 1.54) is 33.6 Å². The fraction of sp³-hybridized carbons (Fsp3) is 0.300. The van der Waals surface area contributed by atoms with Crippen molar-refractivity contribution in [1.29, 1.82) is 0 Å². The molecule has 5 aliphatic rings. The van der Waals surface area contributed by atoms with Crippen LogP contribution in [0.1, 0.15) is 63.7 Å². The van der Waals surface area contributed by atoms with Gasteiger partial charge in [0.2, 0.25) is 11.8 Å². The molecular formula is C30H26N2O3. The maximum Gasteiger partial charge on any atom is 0.253 e. The van der Waals surface area contributed by atoms with E-state index in [0.717, 1.165) is 25.9 Å². The first-order valence-corrected chi connectivity index (χ1v) is 12.6. The minimum absolute atomic E-state index is 0.0212. The summed E-state index contributed by atoms with van der Waals surface area (Å²) in [5, 5.41) is 0. The van der Waals surface area contributed by atoms with Gasteiger partial charge in [-0.05, 0) is 65.8 Å². The Bertz CT molecular complexity index is 1260. The van der Waals surface area contributed by atoms with Crippen molar-refractivity contribution in [3.8, 4) is 0 Å². The molecule has 3 amide bonds. The van der Waals surface area contributed by atoms with Gasteiger partial charge in [0.1, 0.15) is 0 Å². The van der Waals surface area contributed by atoms with E-state index in [-0.39, 0.29) is 29.6 Å². The number of imide groups is 1. The summed E-state index contributed by atoms with van der Waals surface area (Å²) in [5.41, 5.74) is 5.83. The first-order chi connectivity index (χ1) is 17.1. The number of carbonyl (C=O) groups excluding carboxylic acids is 3. The highest BCUT2D eigenvalue weighted by atomic mass is 16.2. The van der Waals surface area contributed by atoms with Crippen molar-refractivity contribution in [1.82, 2.24) is 4.90 Å². The van der Waals surface area contributed by atoms with Crippen LogP contribution in [-0.2, 0) is 9.59 Å². The third-order valence-corrected chi connectivity index (χ3v) is 8.46. The summed E-state index contributed by atoms with van der Waals surface area (Å²) in [7, 11) is 0. The minimum atomic E-state index is -0.396. The molecule has 3 aromatic carbocycles. The molecule has 174 valence electrons. The Morgan fingerprint density at radius 2 is 1.09 bits per heavy atom. The Morgan fingerprint density at radius 3 is 1.54 bits per heavy atom. The molecule has 2 saturated heterocycles. The van der Waals surface area contributed by atoms with Gasteiger partial charge in [-0.3, -0.25) is 14.4 Å². The highest BCUT2D eigenvalue weighted by Gasteiger charge is 2.61. The maximum absolute atomic E-state index is 13.9. The van der Waals surface area contributed by atoms with Crippen LogP contribution in [0.15, 0.2) is 72.8 Å². The van der Waals surface area contributed by atoms with E-state index in [9.17, 15) is 14.4 Å². The molecule has 3 aromatic rings. The Kier molecular flexibility index (Phi) is 4.50. The molecule has 5 nitrogen and oxygen atoms in total. The van der Waals surface area contributed by atoms with Gasteiger partial charge in [0.25, 0.3) is 5.91 Å². The molecule has 0 spiro atoms. The molecule has 2 fully saturated rings. The molecule has 2 atom stereocenters. The highest BCUT2D eigenvalue weighted by molar-refractivity contribution is 6.23. The number of likely N-dealkylation sites (tertiary alicyclic amines) is 1. The van der Waals surface area contributed by atoms with E-state index in [1.54, 1.807) is 24.3 Å². The third-order valence-electron chi connectivity index (χ3n) is 8.46. The van der Waals surface area contributed by atoms with E-state index in [2.05, 4.69) is 24.3 Å². The summed E-state index contributed by atoms with van der Waals surface area (Å²) in [6.07, 6.45) is 3.24. The molecule has 3 aliphatic carbocycles. The van der Waals surface area contributed by atoms with Crippen LogP contribution in [0.5, 0.6) is 0 Å². The van der Waals surface area contributed by atoms with Gasteiger partial charge in [-0.2, -0.15) is 0 Å². The maximum atomic E-state index is 13.9. The average molecular weight is 463 g/mol. The van der Waals surface area contributed by atoms with Crippen LogP contribution in [0.3, 0.4) is 0 Å². The van der Waals surface area contributed by atoms with Gasteiger partial charge in [-0.25, -0.2) is 4.90 Å². The predicted molar refractivity (Wildman–Crippen MR) is 132 cm³/mol. The number of amides is 3. The Hall–Kier alpha value is -3.73. The van der Waals surface area contributed by atoms with Gasteiger partial charge >= 0.3 is 0 Å². The first-order valence-electron chi connectivity index (χ1n) is 12.6. The quantitative estimate of drug-likeness (QED) is 0.519. The van der Waals surface area contributed by atoms with Crippen molar-refractivity contribution < 1.29 is 14.4 Å². The molecule has 8 rings (SSSR count). The molecule has 0 radical (unpaired) electrons. The number of nitrogens with zero attached hydrogens (tertiary/aromatic N) is 2. The molecule has 35 heavy (non-hydrogen) atoms. The Balaban J connectivity index is 1.25. The molecule has 0 saturated carbocycles. The van der Waals surface area contributed by atoms with Crippen LogP contribution in [0, 0.1) is 11.8 Å². The summed E-state index contributed by atoms with van der Waals surface area (Å²) in [6, 6.07) is 23.6. The molecule has 0 N–H and O–H groups in total. The van der Waals surface area contributed by atoms with Crippen LogP contribution < -0.4 is 4.90 Å². The van der Waals surface area contributed by atoms with Gasteiger partial charge in [0.05, 0.1) is 17.5 Å². The van der Waals surface area contributed by atoms with Crippen LogP contribution in [0.25, 0.3) is 0 Å². The average Bonchev–Trinajstić information content (AvgIpc) is 3.19. The fourth-order valence-corrected chi connectivity index (χ4v) is 6.96. The van der Waals surface area contributed by atoms with E-state index in [4.69, 9.17) is 0 Å². The van der Waals surface area contributed by atoms with Crippen molar-refractivity contribution in [2.45, 2.75) is 31.1 Å². The van der Waals surface area contributed by atoms with Crippen LogP contribution in [0.2, 0.25) is 0 Å². The predicted octanol–water partition coefficient (Wildman–Crippen LogP) is 4.71. The zero-order chi connectivity index (χ0) is 23.7. The lowest BCUT2D eigenvalue weighted by atomic mass is 9.55. The van der Waals surface area contributed by atoms with Crippen molar-refractivity contribution >= 4 is 23.4 Å². The number of rotatable bonds is 2. The Labute approximate surface area is 204 Å². The normalized spacial score (nSPS) is 26.4. The van der Waals surface area contributed by atoms with E-state index >= 15 is 0 Å². The molecule has 2 bridgehead atoms. The number of piperidine rings is 1. The lowest BCUT2D eigenvalue weighted by Gasteiger charge is -2.45. The number of carbonyl (C=O) groups is 3. The lowest BCUT2D eigenvalue weighted by molar-refractivity contribution is -0.122. The molecule has 0 unspecified atom stereocenters. The number of hydrogen-bond acceptors (Lipinski definition) is 3. The highest BCUT2D eigenvalue weighted by Crippen LogP contribution is 2.61. The number of anilines is 1. The second-order valence-corrected chi connectivity index (χ2v) is 10.2. The molecule has 5 heteroatoms. The molecule has 2 aliphatic heterocycles. The van der Waals surface area contributed by atoms with Gasteiger partial charge in [-0.1, -0.05) is 48.5 Å². The smallest absolute Gasteiger partial charge is 0.253 e. The topological polar surface area (TPSA) is 57.7 Å². The molecule has 0 aromatic heterocycles. The summed E-state index contributed by atoms with van der Waals surface area (Å²) in [4.78, 5) is 43.9. The largest absolute Gasteiger partial charge is 0.339 e. The SMILES string of the molecule is O=C(c1ccc(N2C(=O)[C@@H]3C4c5ccccc5C(c5ccccc54)[C@H]3C2=O)cc1)N1CCCCC1. The van der Waals surface area contributed by atoms with Gasteiger partial charge in [0, 0.05) is 30.5 Å². The molecule has 2 heterocycles. The zero-order valence-electron chi connectivity index (χ0n) is 19.4. The van der Waals surface area contributed by atoms with Crippen molar-refractivity contribution in [2.75, 3.05) is 18.0 Å². The Morgan fingerprint density at radius 1 is 0.629 bits per heavy atom. The fourth-order valence-electron chi connectivity index (χ4n) is 6.96. The van der Waals surface area contributed by atoms with Crippen molar-refractivity contribution in [2.24, 2.45) is 11.8 Å². The first kappa shape index (κ1) is 20.6. The summed E-state index contributed by atoms with van der Waals surface area (Å²) in [5.74, 6) is -1.26. The van der Waals surface area contributed by atoms with Crippen LogP contribution in [0.4, 0.5) is 5.69 Å². The second kappa shape index (κ2) is 7.64. The lowest BCUT2D eigenvalue weighted by Crippen LogP contribution is -2.41. The van der Waals surface area contributed by atoms with Crippen LogP contribution in [-0.4, -0.2) is 35.7 Å². The summed E-state index contributed by atoms with van der Waals surface area (Å²) >= 11 is 0. The zero-order valence-corrected chi connectivity index (χ0v) is 19.4.